The Bertz CT molecular complexity index is 241. The van der Waals surface area contributed by atoms with Crippen molar-refractivity contribution in [2.75, 3.05) is 13.2 Å². The predicted octanol–water partition coefficient (Wildman–Crippen LogP) is 1.29. The third-order valence-corrected chi connectivity index (χ3v) is 2.48. The van der Waals surface area contributed by atoms with E-state index in [1.165, 1.54) is 0 Å². The summed E-state index contributed by atoms with van der Waals surface area (Å²) in [7, 11) is 0. The first-order valence-electron chi connectivity index (χ1n) is 5.13. The molecule has 0 unspecified atom stereocenters. The van der Waals surface area contributed by atoms with Gasteiger partial charge in [0.25, 0.3) is 0 Å². The number of nitrogens with zero attached hydrogens (tertiary/aromatic N) is 3. The first-order chi connectivity index (χ1) is 6.81. The molecule has 5 heteroatoms. The second kappa shape index (κ2) is 5.05. The highest BCUT2D eigenvalue weighted by Crippen LogP contribution is 2.30. The normalized spacial score (nSPS) is 19.6. The Labute approximate surface area is 84.2 Å². The van der Waals surface area contributed by atoms with Crippen LogP contribution >= 0.6 is 0 Å². The van der Waals surface area contributed by atoms with Crippen LogP contribution < -0.4 is 0 Å². The van der Waals surface area contributed by atoms with Crippen LogP contribution in [-0.2, 0) is 10.2 Å². The SMILES string of the molecule is CC.CC1(c2nn[nH]n2)CCOCC1. The van der Waals surface area contributed by atoms with E-state index in [4.69, 9.17) is 4.74 Å². The zero-order chi connectivity index (χ0) is 10.4. The Morgan fingerprint density at radius 1 is 1.29 bits per heavy atom. The number of aromatic nitrogens is 4. The Hall–Kier alpha value is -0.970. The number of aromatic amines is 1. The summed E-state index contributed by atoms with van der Waals surface area (Å²) in [6.45, 7) is 7.75. The molecule has 0 radical (unpaired) electrons. The van der Waals surface area contributed by atoms with Gasteiger partial charge in [0, 0.05) is 18.6 Å². The topological polar surface area (TPSA) is 63.7 Å². The molecule has 0 bridgehead atoms. The van der Waals surface area contributed by atoms with E-state index in [9.17, 15) is 0 Å². The predicted molar refractivity (Wildman–Crippen MR) is 52.9 cm³/mol. The van der Waals surface area contributed by atoms with E-state index in [1.807, 2.05) is 13.8 Å². The molecule has 80 valence electrons. The Kier molecular flexibility index (Phi) is 4.00. The minimum Gasteiger partial charge on any atom is -0.381 e. The molecular weight excluding hydrogens is 180 g/mol. The number of hydrogen-bond donors (Lipinski definition) is 1. The number of ether oxygens (including phenoxy) is 1. The molecule has 1 aromatic heterocycles. The van der Waals surface area contributed by atoms with E-state index in [0.29, 0.717) is 0 Å². The van der Waals surface area contributed by atoms with Crippen molar-refractivity contribution in [1.82, 2.24) is 20.6 Å². The lowest BCUT2D eigenvalue weighted by molar-refractivity contribution is 0.0535. The number of nitrogens with one attached hydrogen (secondary N) is 1. The summed E-state index contributed by atoms with van der Waals surface area (Å²) in [6, 6.07) is 0. The molecule has 2 heterocycles. The largest absolute Gasteiger partial charge is 0.381 e. The van der Waals surface area contributed by atoms with E-state index in [-0.39, 0.29) is 5.41 Å². The molecule has 0 atom stereocenters. The lowest BCUT2D eigenvalue weighted by Gasteiger charge is -2.29. The van der Waals surface area contributed by atoms with Crippen LogP contribution in [0.25, 0.3) is 0 Å². The van der Waals surface area contributed by atoms with Crippen molar-refractivity contribution in [1.29, 1.82) is 0 Å². The van der Waals surface area contributed by atoms with Crippen molar-refractivity contribution in [3.8, 4) is 0 Å². The fourth-order valence-corrected chi connectivity index (χ4v) is 1.46. The molecule has 5 nitrogen and oxygen atoms in total. The van der Waals surface area contributed by atoms with Crippen molar-refractivity contribution in [3.63, 3.8) is 0 Å². The second-order valence-corrected chi connectivity index (χ2v) is 3.41. The van der Waals surface area contributed by atoms with Gasteiger partial charge in [0.2, 0.25) is 0 Å². The van der Waals surface area contributed by atoms with Crippen LogP contribution in [0.15, 0.2) is 0 Å². The summed E-state index contributed by atoms with van der Waals surface area (Å²) in [5.74, 6) is 0.811. The molecular formula is C9H18N4O. The summed E-state index contributed by atoms with van der Waals surface area (Å²) >= 11 is 0. The van der Waals surface area contributed by atoms with E-state index in [1.54, 1.807) is 0 Å². The summed E-state index contributed by atoms with van der Waals surface area (Å²) in [5, 5.41) is 14.1. The van der Waals surface area contributed by atoms with Gasteiger partial charge in [-0.15, -0.1) is 10.2 Å². The minimum atomic E-state index is 0.0608. The standard InChI is InChI=1S/C7H12N4O.C2H6/c1-7(2-4-12-5-3-7)6-8-10-11-9-6;1-2/h2-5H2,1H3,(H,8,9,10,11);1-2H3. The van der Waals surface area contributed by atoms with Crippen LogP contribution in [0, 0.1) is 0 Å². The summed E-state index contributed by atoms with van der Waals surface area (Å²) < 4.78 is 5.28. The highest BCUT2D eigenvalue weighted by molar-refractivity contribution is 5.03. The number of hydrogen-bond acceptors (Lipinski definition) is 4. The molecule has 0 saturated carbocycles. The molecule has 14 heavy (non-hydrogen) atoms. The van der Waals surface area contributed by atoms with E-state index >= 15 is 0 Å². The van der Waals surface area contributed by atoms with Gasteiger partial charge in [0.1, 0.15) is 0 Å². The average Bonchev–Trinajstić information content (AvgIpc) is 2.75. The molecule has 0 amide bonds. The fraction of sp³-hybridized carbons (Fsp3) is 0.889. The van der Waals surface area contributed by atoms with E-state index in [2.05, 4.69) is 27.5 Å². The first-order valence-corrected chi connectivity index (χ1v) is 5.13. The third-order valence-electron chi connectivity index (χ3n) is 2.48. The van der Waals surface area contributed by atoms with Crippen molar-refractivity contribution in [2.24, 2.45) is 0 Å². The highest BCUT2D eigenvalue weighted by atomic mass is 16.5. The van der Waals surface area contributed by atoms with Crippen molar-refractivity contribution in [2.45, 2.75) is 39.0 Å². The smallest absolute Gasteiger partial charge is 0.180 e. The molecule has 1 N–H and O–H groups in total. The van der Waals surface area contributed by atoms with Crippen LogP contribution in [0.4, 0.5) is 0 Å². The Morgan fingerprint density at radius 3 is 2.43 bits per heavy atom. The summed E-state index contributed by atoms with van der Waals surface area (Å²) in [5.41, 5.74) is 0.0608. The van der Waals surface area contributed by atoms with Gasteiger partial charge in [-0.05, 0) is 12.8 Å². The average molecular weight is 198 g/mol. The van der Waals surface area contributed by atoms with Gasteiger partial charge < -0.3 is 4.74 Å². The van der Waals surface area contributed by atoms with E-state index in [0.717, 1.165) is 31.9 Å². The van der Waals surface area contributed by atoms with Crippen LogP contribution in [0.1, 0.15) is 39.4 Å². The molecule has 1 fully saturated rings. The lowest BCUT2D eigenvalue weighted by Crippen LogP contribution is -2.31. The molecule has 1 saturated heterocycles. The van der Waals surface area contributed by atoms with Gasteiger partial charge in [-0.2, -0.15) is 5.21 Å². The first kappa shape index (κ1) is 11.1. The lowest BCUT2D eigenvalue weighted by atomic mass is 9.82. The van der Waals surface area contributed by atoms with Gasteiger partial charge in [-0.25, -0.2) is 0 Å². The number of rotatable bonds is 1. The minimum absolute atomic E-state index is 0.0608. The zero-order valence-electron chi connectivity index (χ0n) is 9.08. The number of tetrazole rings is 1. The monoisotopic (exact) mass is 198 g/mol. The van der Waals surface area contributed by atoms with Crippen LogP contribution in [0.5, 0.6) is 0 Å². The van der Waals surface area contributed by atoms with Crippen LogP contribution in [-0.4, -0.2) is 33.8 Å². The fourth-order valence-electron chi connectivity index (χ4n) is 1.46. The molecule has 1 aliphatic heterocycles. The van der Waals surface area contributed by atoms with Crippen molar-refractivity contribution in [3.05, 3.63) is 5.82 Å². The van der Waals surface area contributed by atoms with Gasteiger partial charge in [-0.1, -0.05) is 26.0 Å². The van der Waals surface area contributed by atoms with Crippen molar-refractivity contribution < 1.29 is 4.74 Å². The molecule has 2 rings (SSSR count). The Balaban J connectivity index is 0.000000461. The molecule has 0 aromatic carbocycles. The zero-order valence-corrected chi connectivity index (χ0v) is 9.08. The van der Waals surface area contributed by atoms with Crippen LogP contribution in [0.2, 0.25) is 0 Å². The maximum absolute atomic E-state index is 5.28. The quantitative estimate of drug-likeness (QED) is 0.738. The van der Waals surface area contributed by atoms with Gasteiger partial charge in [0.15, 0.2) is 5.82 Å². The molecule has 0 aliphatic carbocycles. The summed E-state index contributed by atoms with van der Waals surface area (Å²) in [4.78, 5) is 0. The third kappa shape index (κ3) is 2.29. The van der Waals surface area contributed by atoms with Crippen molar-refractivity contribution >= 4 is 0 Å². The highest BCUT2D eigenvalue weighted by Gasteiger charge is 2.33. The second-order valence-electron chi connectivity index (χ2n) is 3.41. The van der Waals surface area contributed by atoms with Gasteiger partial charge in [0.05, 0.1) is 0 Å². The van der Waals surface area contributed by atoms with E-state index < -0.39 is 0 Å². The Morgan fingerprint density at radius 2 is 1.93 bits per heavy atom. The molecule has 1 aliphatic rings. The molecule has 1 aromatic rings. The summed E-state index contributed by atoms with van der Waals surface area (Å²) in [6.07, 6.45) is 1.96. The maximum atomic E-state index is 5.28. The number of H-pyrrole nitrogens is 1. The van der Waals surface area contributed by atoms with Gasteiger partial charge in [-0.3, -0.25) is 0 Å². The maximum Gasteiger partial charge on any atom is 0.180 e. The van der Waals surface area contributed by atoms with Crippen LogP contribution in [0.3, 0.4) is 0 Å². The molecule has 0 spiro atoms. The van der Waals surface area contributed by atoms with Gasteiger partial charge >= 0.3 is 0 Å².